The summed E-state index contributed by atoms with van der Waals surface area (Å²) in [5, 5.41) is 2.87. The summed E-state index contributed by atoms with van der Waals surface area (Å²) in [5.74, 6) is 0.267. The monoisotopic (exact) mass is 397 g/mol. The Morgan fingerprint density at radius 1 is 1.07 bits per heavy atom. The van der Waals surface area contributed by atoms with E-state index in [1.807, 2.05) is 31.2 Å². The molecular weight excluding hydrogens is 370 g/mol. The average molecular weight is 397 g/mol. The highest BCUT2D eigenvalue weighted by molar-refractivity contribution is 5.99. The summed E-state index contributed by atoms with van der Waals surface area (Å²) in [5.41, 5.74) is 2.34. The number of benzene rings is 2. The van der Waals surface area contributed by atoms with Gasteiger partial charge in [0.2, 0.25) is 5.91 Å². The molecular formula is C22H27N3O4. The number of carbonyl (C=O) groups is 2. The van der Waals surface area contributed by atoms with Gasteiger partial charge in [-0.15, -0.1) is 0 Å². The second kappa shape index (κ2) is 9.93. The third-order valence-electron chi connectivity index (χ3n) is 4.87. The van der Waals surface area contributed by atoms with Gasteiger partial charge in [-0.05, 0) is 55.5 Å². The number of carbonyl (C=O) groups excluding carboxylic acids is 2. The van der Waals surface area contributed by atoms with Gasteiger partial charge < -0.3 is 24.6 Å². The van der Waals surface area contributed by atoms with E-state index in [9.17, 15) is 9.59 Å². The van der Waals surface area contributed by atoms with Crippen LogP contribution in [0, 0.1) is 0 Å². The van der Waals surface area contributed by atoms with Crippen molar-refractivity contribution in [2.75, 3.05) is 56.7 Å². The Kier molecular flexibility index (Phi) is 7.08. The maximum absolute atomic E-state index is 12.7. The van der Waals surface area contributed by atoms with Crippen LogP contribution >= 0.6 is 0 Å². The van der Waals surface area contributed by atoms with Gasteiger partial charge in [-0.3, -0.25) is 9.59 Å². The first-order valence-corrected chi connectivity index (χ1v) is 9.76. The van der Waals surface area contributed by atoms with Crippen molar-refractivity contribution < 1.29 is 19.1 Å². The minimum Gasteiger partial charge on any atom is -0.497 e. The van der Waals surface area contributed by atoms with Crippen LogP contribution in [0.5, 0.6) is 5.75 Å². The van der Waals surface area contributed by atoms with Gasteiger partial charge in [0, 0.05) is 36.6 Å². The number of likely N-dealkylation sites (N-methyl/N-ethyl adjacent to an activating group) is 1. The molecule has 0 aromatic heterocycles. The van der Waals surface area contributed by atoms with Gasteiger partial charge in [0.15, 0.2) is 0 Å². The number of nitrogens with one attached hydrogen (secondary N) is 1. The van der Waals surface area contributed by atoms with Gasteiger partial charge in [-0.1, -0.05) is 0 Å². The number of methoxy groups -OCH3 is 1. The Hall–Kier alpha value is -3.06. The first-order chi connectivity index (χ1) is 14.1. The zero-order valence-electron chi connectivity index (χ0n) is 16.9. The number of ether oxygens (including phenoxy) is 2. The highest BCUT2D eigenvalue weighted by atomic mass is 16.5. The minimum absolute atomic E-state index is 0.00736. The number of hydrogen-bond acceptors (Lipinski definition) is 5. The Labute approximate surface area is 171 Å². The Morgan fingerprint density at radius 3 is 2.31 bits per heavy atom. The van der Waals surface area contributed by atoms with Gasteiger partial charge in [0.25, 0.3) is 5.91 Å². The fourth-order valence-electron chi connectivity index (χ4n) is 3.19. The van der Waals surface area contributed by atoms with E-state index in [0.29, 0.717) is 23.5 Å². The van der Waals surface area contributed by atoms with Crippen molar-refractivity contribution in [2.24, 2.45) is 0 Å². The van der Waals surface area contributed by atoms with Crippen LogP contribution in [0.1, 0.15) is 17.3 Å². The van der Waals surface area contributed by atoms with Crippen molar-refractivity contribution in [3.8, 4) is 5.75 Å². The van der Waals surface area contributed by atoms with E-state index >= 15 is 0 Å². The zero-order chi connectivity index (χ0) is 20.6. The molecule has 1 aliphatic heterocycles. The molecule has 0 saturated carbocycles. The van der Waals surface area contributed by atoms with Crippen molar-refractivity contribution >= 4 is 23.2 Å². The van der Waals surface area contributed by atoms with Crippen LogP contribution in [-0.2, 0) is 9.53 Å². The topological polar surface area (TPSA) is 71.1 Å². The first kappa shape index (κ1) is 20.7. The minimum atomic E-state index is -0.229. The third-order valence-corrected chi connectivity index (χ3v) is 4.87. The Morgan fingerprint density at radius 2 is 1.72 bits per heavy atom. The van der Waals surface area contributed by atoms with Crippen molar-refractivity contribution in [3.05, 3.63) is 54.1 Å². The lowest BCUT2D eigenvalue weighted by Crippen LogP contribution is -2.38. The molecule has 7 heteroatoms. The van der Waals surface area contributed by atoms with Gasteiger partial charge in [-0.25, -0.2) is 0 Å². The van der Waals surface area contributed by atoms with Crippen molar-refractivity contribution in [3.63, 3.8) is 0 Å². The van der Waals surface area contributed by atoms with Crippen LogP contribution in [0.2, 0.25) is 0 Å². The molecule has 2 amide bonds. The molecule has 3 rings (SSSR count). The molecule has 7 nitrogen and oxygen atoms in total. The highest BCUT2D eigenvalue weighted by Crippen LogP contribution is 2.19. The van der Waals surface area contributed by atoms with E-state index in [2.05, 4.69) is 10.2 Å². The second-order valence-electron chi connectivity index (χ2n) is 6.74. The van der Waals surface area contributed by atoms with E-state index in [-0.39, 0.29) is 18.4 Å². The molecule has 1 saturated heterocycles. The zero-order valence-corrected chi connectivity index (χ0v) is 16.9. The van der Waals surface area contributed by atoms with Crippen molar-refractivity contribution in [1.82, 2.24) is 4.90 Å². The molecule has 0 spiro atoms. The molecule has 1 heterocycles. The largest absolute Gasteiger partial charge is 0.497 e. The molecule has 0 bridgehead atoms. The molecule has 0 atom stereocenters. The number of morpholine rings is 1. The van der Waals surface area contributed by atoms with Crippen LogP contribution in [0.3, 0.4) is 0 Å². The lowest BCUT2D eigenvalue weighted by Gasteiger charge is -2.29. The normalized spacial score (nSPS) is 13.7. The summed E-state index contributed by atoms with van der Waals surface area (Å²) in [7, 11) is 1.58. The molecule has 29 heavy (non-hydrogen) atoms. The van der Waals surface area contributed by atoms with Gasteiger partial charge in [-0.2, -0.15) is 0 Å². The quantitative estimate of drug-likeness (QED) is 0.778. The SMILES string of the molecule is CCN(CC(=O)Nc1ccc(N2CCOCC2)cc1)C(=O)c1ccc(OC)cc1. The molecule has 2 aromatic carbocycles. The summed E-state index contributed by atoms with van der Waals surface area (Å²) in [6.07, 6.45) is 0. The molecule has 1 aliphatic rings. The highest BCUT2D eigenvalue weighted by Gasteiger charge is 2.18. The number of nitrogens with zero attached hydrogens (tertiary/aromatic N) is 2. The van der Waals surface area contributed by atoms with E-state index in [4.69, 9.17) is 9.47 Å². The summed E-state index contributed by atoms with van der Waals surface area (Å²) < 4.78 is 10.5. The average Bonchev–Trinajstić information content (AvgIpc) is 2.78. The van der Waals surface area contributed by atoms with Gasteiger partial charge in [0.05, 0.1) is 20.3 Å². The van der Waals surface area contributed by atoms with Crippen LogP contribution in [0.15, 0.2) is 48.5 Å². The predicted octanol–water partition coefficient (Wildman–Crippen LogP) is 2.63. The maximum Gasteiger partial charge on any atom is 0.254 e. The summed E-state index contributed by atoms with van der Waals surface area (Å²) in [4.78, 5) is 28.9. The van der Waals surface area contributed by atoms with Crippen LogP contribution < -0.4 is 15.0 Å². The van der Waals surface area contributed by atoms with Crippen LogP contribution in [-0.4, -0.2) is 63.2 Å². The molecule has 0 aliphatic carbocycles. The predicted molar refractivity (Wildman–Crippen MR) is 113 cm³/mol. The lowest BCUT2D eigenvalue weighted by atomic mass is 10.2. The van der Waals surface area contributed by atoms with E-state index in [0.717, 1.165) is 32.0 Å². The molecule has 1 N–H and O–H groups in total. The standard InChI is InChI=1S/C22H27N3O4/c1-3-24(22(27)17-4-10-20(28-2)11-5-17)16-21(26)23-18-6-8-19(9-7-18)25-12-14-29-15-13-25/h4-11H,3,12-16H2,1-2H3,(H,23,26). The molecule has 0 radical (unpaired) electrons. The summed E-state index contributed by atoms with van der Waals surface area (Å²) in [6.45, 7) is 5.48. The summed E-state index contributed by atoms with van der Waals surface area (Å²) >= 11 is 0. The fraction of sp³-hybridized carbons (Fsp3) is 0.364. The van der Waals surface area contributed by atoms with Crippen molar-refractivity contribution in [1.29, 1.82) is 0 Å². The second-order valence-corrected chi connectivity index (χ2v) is 6.74. The van der Waals surface area contributed by atoms with E-state index < -0.39 is 0 Å². The molecule has 1 fully saturated rings. The third kappa shape index (κ3) is 5.48. The molecule has 0 unspecified atom stereocenters. The Balaban J connectivity index is 1.57. The number of hydrogen-bond donors (Lipinski definition) is 1. The van der Waals surface area contributed by atoms with Crippen molar-refractivity contribution in [2.45, 2.75) is 6.92 Å². The maximum atomic E-state index is 12.7. The van der Waals surface area contributed by atoms with Crippen LogP contribution in [0.25, 0.3) is 0 Å². The van der Waals surface area contributed by atoms with Crippen LogP contribution in [0.4, 0.5) is 11.4 Å². The number of amides is 2. The Bertz CT molecular complexity index is 815. The van der Waals surface area contributed by atoms with E-state index in [1.165, 1.54) is 4.90 Å². The lowest BCUT2D eigenvalue weighted by molar-refractivity contribution is -0.116. The van der Waals surface area contributed by atoms with Gasteiger partial charge in [0.1, 0.15) is 12.3 Å². The van der Waals surface area contributed by atoms with E-state index in [1.54, 1.807) is 31.4 Å². The number of rotatable bonds is 7. The van der Waals surface area contributed by atoms with Gasteiger partial charge >= 0.3 is 0 Å². The molecule has 2 aromatic rings. The fourth-order valence-corrected chi connectivity index (χ4v) is 3.19. The summed E-state index contributed by atoms with van der Waals surface area (Å²) in [6, 6.07) is 14.6. The number of anilines is 2. The first-order valence-electron chi connectivity index (χ1n) is 9.76. The molecule has 154 valence electrons. The smallest absolute Gasteiger partial charge is 0.254 e.